The number of methoxy groups -OCH3 is 2. The molecule has 1 rings (SSSR count). The molecular formula is C12H20O4. The van der Waals surface area contributed by atoms with E-state index in [1.807, 2.05) is 13.8 Å². The molecule has 0 N–H and O–H groups in total. The van der Waals surface area contributed by atoms with Crippen molar-refractivity contribution in [1.29, 1.82) is 0 Å². The van der Waals surface area contributed by atoms with Gasteiger partial charge in [0.05, 0.1) is 27.1 Å². The fourth-order valence-corrected chi connectivity index (χ4v) is 2.36. The zero-order valence-electron chi connectivity index (χ0n) is 10.5. The number of carbonyl (C=O) groups excluding carboxylic acids is 2. The van der Waals surface area contributed by atoms with Gasteiger partial charge in [-0.2, -0.15) is 0 Å². The molecule has 4 nitrogen and oxygen atoms in total. The maximum atomic E-state index is 11.3. The molecular weight excluding hydrogens is 208 g/mol. The lowest BCUT2D eigenvalue weighted by Gasteiger charge is -2.55. The molecule has 0 unspecified atom stereocenters. The lowest BCUT2D eigenvalue weighted by molar-refractivity contribution is -0.161. The quantitative estimate of drug-likeness (QED) is 0.690. The van der Waals surface area contributed by atoms with Crippen molar-refractivity contribution < 1.29 is 19.1 Å². The third-order valence-corrected chi connectivity index (χ3v) is 4.21. The summed E-state index contributed by atoms with van der Waals surface area (Å²) >= 11 is 0. The normalized spacial score (nSPS) is 32.8. The lowest BCUT2D eigenvalue weighted by Crippen LogP contribution is -2.49. The molecule has 0 bridgehead atoms. The molecule has 1 saturated carbocycles. The Kier molecular flexibility index (Phi) is 3.61. The molecule has 0 amide bonds. The first-order valence-electron chi connectivity index (χ1n) is 5.50. The van der Waals surface area contributed by atoms with Gasteiger partial charge in [-0.15, -0.1) is 0 Å². The van der Waals surface area contributed by atoms with Crippen LogP contribution in [-0.2, 0) is 19.1 Å². The van der Waals surface area contributed by atoms with Gasteiger partial charge in [-0.25, -0.2) is 0 Å². The van der Waals surface area contributed by atoms with Crippen molar-refractivity contribution in [3.8, 4) is 0 Å². The number of rotatable bonds is 4. The first kappa shape index (κ1) is 13.0. The maximum absolute atomic E-state index is 11.3. The molecule has 92 valence electrons. The van der Waals surface area contributed by atoms with E-state index in [0.717, 1.165) is 12.8 Å². The predicted molar refractivity (Wildman–Crippen MR) is 58.7 cm³/mol. The van der Waals surface area contributed by atoms with Gasteiger partial charge < -0.3 is 9.47 Å². The van der Waals surface area contributed by atoms with Crippen molar-refractivity contribution in [1.82, 2.24) is 0 Å². The predicted octanol–water partition coefficient (Wildman–Crippen LogP) is 1.92. The minimum atomic E-state index is -0.210. The molecule has 0 saturated heterocycles. The minimum Gasteiger partial charge on any atom is -0.469 e. The number of ether oxygens (including phenoxy) is 2. The van der Waals surface area contributed by atoms with Gasteiger partial charge in [0.1, 0.15) is 0 Å². The summed E-state index contributed by atoms with van der Waals surface area (Å²) in [5.74, 6) is -0.420. The third-order valence-electron chi connectivity index (χ3n) is 4.21. The summed E-state index contributed by atoms with van der Waals surface area (Å²) in [6.07, 6.45) is 2.65. The number of hydrogen-bond donors (Lipinski definition) is 0. The molecule has 2 atom stereocenters. The molecule has 0 heterocycles. The van der Waals surface area contributed by atoms with Crippen LogP contribution in [0.1, 0.15) is 39.5 Å². The highest BCUT2D eigenvalue weighted by atomic mass is 16.5. The molecule has 1 aliphatic carbocycles. The summed E-state index contributed by atoms with van der Waals surface area (Å²) in [6.45, 7) is 4.08. The van der Waals surface area contributed by atoms with Crippen LogP contribution >= 0.6 is 0 Å². The summed E-state index contributed by atoms with van der Waals surface area (Å²) < 4.78 is 9.38. The summed E-state index contributed by atoms with van der Waals surface area (Å²) in [4.78, 5) is 22.6. The van der Waals surface area contributed by atoms with Crippen LogP contribution in [-0.4, -0.2) is 26.2 Å². The van der Waals surface area contributed by atoms with E-state index < -0.39 is 0 Å². The van der Waals surface area contributed by atoms with Crippen molar-refractivity contribution in [2.45, 2.75) is 39.5 Å². The van der Waals surface area contributed by atoms with E-state index in [-0.39, 0.29) is 22.8 Å². The van der Waals surface area contributed by atoms with Crippen LogP contribution in [0, 0.1) is 10.8 Å². The highest BCUT2D eigenvalue weighted by molar-refractivity contribution is 5.72. The van der Waals surface area contributed by atoms with Crippen molar-refractivity contribution in [2.75, 3.05) is 14.2 Å². The first-order chi connectivity index (χ1) is 7.37. The molecule has 0 aliphatic heterocycles. The molecule has 0 aromatic rings. The fraction of sp³-hybridized carbons (Fsp3) is 0.833. The van der Waals surface area contributed by atoms with E-state index in [9.17, 15) is 9.59 Å². The average molecular weight is 228 g/mol. The summed E-state index contributed by atoms with van der Waals surface area (Å²) in [6, 6.07) is 0. The van der Waals surface area contributed by atoms with Gasteiger partial charge >= 0.3 is 11.9 Å². The molecule has 4 heteroatoms. The Morgan fingerprint density at radius 3 is 1.44 bits per heavy atom. The van der Waals surface area contributed by atoms with Crippen LogP contribution in [0.25, 0.3) is 0 Å². The third kappa shape index (κ3) is 2.20. The summed E-state index contributed by atoms with van der Waals surface area (Å²) in [5, 5.41) is 0. The van der Waals surface area contributed by atoms with Crippen LogP contribution in [0.4, 0.5) is 0 Å². The summed E-state index contributed by atoms with van der Waals surface area (Å²) in [5.41, 5.74) is -0.289. The second-order valence-corrected chi connectivity index (χ2v) is 5.13. The van der Waals surface area contributed by atoms with E-state index >= 15 is 0 Å². The number of hydrogen-bond acceptors (Lipinski definition) is 4. The van der Waals surface area contributed by atoms with Crippen molar-refractivity contribution in [3.63, 3.8) is 0 Å². The van der Waals surface area contributed by atoms with Crippen molar-refractivity contribution >= 4 is 11.9 Å². The standard InChI is InChI=1S/C12H20O4/c1-11(7-9(13)15-3)5-6-12(11,2)8-10(14)16-4/h5-8H2,1-4H3/t11-,12+. The van der Waals surface area contributed by atoms with Crippen LogP contribution in [0.3, 0.4) is 0 Å². The largest absolute Gasteiger partial charge is 0.469 e. The second kappa shape index (κ2) is 4.44. The van der Waals surface area contributed by atoms with E-state index in [1.54, 1.807) is 0 Å². The molecule has 0 aromatic carbocycles. The molecule has 0 radical (unpaired) electrons. The number of carbonyl (C=O) groups is 2. The van der Waals surface area contributed by atoms with Crippen LogP contribution in [0.2, 0.25) is 0 Å². The monoisotopic (exact) mass is 228 g/mol. The van der Waals surface area contributed by atoms with Gasteiger partial charge in [0.2, 0.25) is 0 Å². The van der Waals surface area contributed by atoms with Gasteiger partial charge in [-0.1, -0.05) is 13.8 Å². The highest BCUT2D eigenvalue weighted by Crippen LogP contribution is 2.60. The van der Waals surface area contributed by atoms with Crippen LogP contribution in [0.5, 0.6) is 0 Å². The topological polar surface area (TPSA) is 52.6 Å². The van der Waals surface area contributed by atoms with Gasteiger partial charge in [0.25, 0.3) is 0 Å². The van der Waals surface area contributed by atoms with Crippen LogP contribution < -0.4 is 0 Å². The van der Waals surface area contributed by atoms with Crippen LogP contribution in [0.15, 0.2) is 0 Å². The Hall–Kier alpha value is -1.06. The highest BCUT2D eigenvalue weighted by Gasteiger charge is 2.54. The van der Waals surface area contributed by atoms with Gasteiger partial charge in [-0.3, -0.25) is 9.59 Å². The maximum Gasteiger partial charge on any atom is 0.306 e. The van der Waals surface area contributed by atoms with E-state index in [2.05, 4.69) is 0 Å². The zero-order valence-corrected chi connectivity index (χ0v) is 10.5. The Bertz CT molecular complexity index is 269. The molecule has 0 aromatic heterocycles. The van der Waals surface area contributed by atoms with Gasteiger partial charge in [0.15, 0.2) is 0 Å². The van der Waals surface area contributed by atoms with E-state index in [1.165, 1.54) is 14.2 Å². The van der Waals surface area contributed by atoms with E-state index in [0.29, 0.717) is 12.8 Å². The van der Waals surface area contributed by atoms with Crippen molar-refractivity contribution in [3.05, 3.63) is 0 Å². The Labute approximate surface area is 96.3 Å². The summed E-state index contributed by atoms with van der Waals surface area (Å²) in [7, 11) is 2.78. The van der Waals surface area contributed by atoms with Gasteiger partial charge in [0, 0.05) is 0 Å². The van der Waals surface area contributed by atoms with Gasteiger partial charge in [-0.05, 0) is 23.7 Å². The smallest absolute Gasteiger partial charge is 0.306 e. The Balaban J connectivity index is 2.67. The Morgan fingerprint density at radius 2 is 1.25 bits per heavy atom. The molecule has 0 spiro atoms. The first-order valence-corrected chi connectivity index (χ1v) is 5.50. The SMILES string of the molecule is COC(=O)C[C@]1(C)CC[C@]1(C)CC(=O)OC. The number of esters is 2. The lowest BCUT2D eigenvalue weighted by atomic mass is 9.48. The minimum absolute atomic E-state index is 0.145. The Morgan fingerprint density at radius 1 is 0.938 bits per heavy atom. The zero-order chi connectivity index (χ0) is 12.4. The second-order valence-electron chi connectivity index (χ2n) is 5.13. The molecule has 1 fully saturated rings. The van der Waals surface area contributed by atoms with E-state index in [4.69, 9.17) is 9.47 Å². The fourth-order valence-electron chi connectivity index (χ4n) is 2.36. The van der Waals surface area contributed by atoms with Crippen molar-refractivity contribution in [2.24, 2.45) is 10.8 Å². The molecule has 1 aliphatic rings. The average Bonchev–Trinajstić information content (AvgIpc) is 2.26. The molecule has 16 heavy (non-hydrogen) atoms.